The predicted octanol–water partition coefficient (Wildman–Crippen LogP) is 2.26. The summed E-state index contributed by atoms with van der Waals surface area (Å²) >= 11 is 0. The highest BCUT2D eigenvalue weighted by molar-refractivity contribution is 5.95. The van der Waals surface area contributed by atoms with Crippen molar-refractivity contribution in [2.45, 2.75) is 6.92 Å². The minimum Gasteiger partial charge on any atom is -0.298 e. The summed E-state index contributed by atoms with van der Waals surface area (Å²) in [6.07, 6.45) is 0.706. The molecular weight excluding hydrogens is 182 g/mol. The van der Waals surface area contributed by atoms with Crippen molar-refractivity contribution in [1.82, 2.24) is 0 Å². The molecular formula is C9H7N3O2. The molecule has 0 heterocycles. The van der Waals surface area contributed by atoms with E-state index in [1.807, 2.05) is 0 Å². The number of amides is 1. The van der Waals surface area contributed by atoms with Crippen LogP contribution in [0, 0.1) is 6.92 Å². The van der Waals surface area contributed by atoms with Gasteiger partial charge in [-0.2, -0.15) is 0 Å². The van der Waals surface area contributed by atoms with Crippen molar-refractivity contribution in [3.63, 3.8) is 0 Å². The van der Waals surface area contributed by atoms with Gasteiger partial charge in [0, 0.05) is 16.0 Å². The van der Waals surface area contributed by atoms with Crippen molar-refractivity contribution in [2.24, 2.45) is 5.11 Å². The number of nitrogens with zero attached hydrogens (tertiary/aromatic N) is 3. The molecule has 1 amide bonds. The Bertz CT molecular complexity index is 434. The lowest BCUT2D eigenvalue weighted by atomic mass is 10.1. The third-order valence-electron chi connectivity index (χ3n) is 1.78. The van der Waals surface area contributed by atoms with Crippen LogP contribution < -0.4 is 0 Å². The van der Waals surface area contributed by atoms with Crippen molar-refractivity contribution in [1.29, 1.82) is 0 Å². The third kappa shape index (κ3) is 1.97. The smallest absolute Gasteiger partial charge is 0.249 e. The number of carbonyl (C=O) groups is 2. The zero-order valence-electron chi connectivity index (χ0n) is 7.47. The molecule has 70 valence electrons. The fourth-order valence-electron chi connectivity index (χ4n) is 1.04. The number of rotatable bonds is 2. The van der Waals surface area contributed by atoms with E-state index in [0.29, 0.717) is 17.4 Å². The topological polar surface area (TPSA) is 82.9 Å². The molecule has 0 fully saturated rings. The number of aldehydes is 1. The first-order valence-electron chi connectivity index (χ1n) is 3.84. The lowest BCUT2D eigenvalue weighted by molar-refractivity contribution is 0.0999. The van der Waals surface area contributed by atoms with Crippen LogP contribution in [0.25, 0.3) is 10.4 Å². The third-order valence-corrected chi connectivity index (χ3v) is 1.78. The predicted molar refractivity (Wildman–Crippen MR) is 50.0 cm³/mol. The van der Waals surface area contributed by atoms with Crippen LogP contribution in [0.1, 0.15) is 26.3 Å². The van der Waals surface area contributed by atoms with E-state index >= 15 is 0 Å². The Kier molecular flexibility index (Phi) is 2.99. The van der Waals surface area contributed by atoms with Gasteiger partial charge in [-0.1, -0.05) is 12.1 Å². The van der Waals surface area contributed by atoms with Crippen molar-refractivity contribution in [2.75, 3.05) is 0 Å². The average Bonchev–Trinajstić information content (AvgIpc) is 2.18. The van der Waals surface area contributed by atoms with E-state index in [-0.39, 0.29) is 5.56 Å². The van der Waals surface area contributed by atoms with Crippen LogP contribution in [0.15, 0.2) is 23.3 Å². The summed E-state index contributed by atoms with van der Waals surface area (Å²) < 4.78 is 0. The van der Waals surface area contributed by atoms with Crippen molar-refractivity contribution < 1.29 is 9.59 Å². The summed E-state index contributed by atoms with van der Waals surface area (Å²) in [4.78, 5) is 23.9. The molecule has 0 bridgehead atoms. The summed E-state index contributed by atoms with van der Waals surface area (Å²) in [7, 11) is 0. The van der Waals surface area contributed by atoms with Gasteiger partial charge in [0.05, 0.1) is 0 Å². The monoisotopic (exact) mass is 189 g/mol. The molecule has 0 saturated heterocycles. The van der Waals surface area contributed by atoms with Gasteiger partial charge in [-0.25, -0.2) is 0 Å². The standard InChI is InChI=1S/C9H7N3O2/c1-6-4-7(9(14)11-12-10)2-3-8(6)5-13/h2-5H,1H3. The van der Waals surface area contributed by atoms with Crippen molar-refractivity contribution in [3.8, 4) is 0 Å². The van der Waals surface area contributed by atoms with E-state index in [9.17, 15) is 9.59 Å². The first-order valence-corrected chi connectivity index (χ1v) is 3.84. The Morgan fingerprint density at radius 1 is 1.57 bits per heavy atom. The molecule has 0 aliphatic heterocycles. The Balaban J connectivity index is 3.14. The SMILES string of the molecule is Cc1cc(C(=O)N=[N+]=[N-])ccc1C=O. The highest BCUT2D eigenvalue weighted by Crippen LogP contribution is 2.10. The maximum Gasteiger partial charge on any atom is 0.249 e. The van der Waals surface area contributed by atoms with Crippen LogP contribution in [0.2, 0.25) is 0 Å². The molecule has 0 N–H and O–H groups in total. The quantitative estimate of drug-likeness (QED) is 0.309. The minimum absolute atomic E-state index is 0.283. The second-order valence-corrected chi connectivity index (χ2v) is 2.68. The van der Waals surface area contributed by atoms with E-state index in [0.717, 1.165) is 0 Å². The van der Waals surface area contributed by atoms with Crippen LogP contribution in [0.3, 0.4) is 0 Å². The average molecular weight is 189 g/mol. The lowest BCUT2D eigenvalue weighted by Gasteiger charge is -1.99. The van der Waals surface area contributed by atoms with E-state index < -0.39 is 5.91 Å². The minimum atomic E-state index is -0.645. The Hall–Kier alpha value is -2.13. The lowest BCUT2D eigenvalue weighted by Crippen LogP contribution is -1.96. The van der Waals surface area contributed by atoms with Gasteiger partial charge >= 0.3 is 0 Å². The van der Waals surface area contributed by atoms with Crippen LogP contribution in [0.5, 0.6) is 0 Å². The molecule has 0 saturated carbocycles. The number of carbonyl (C=O) groups excluding carboxylic acids is 2. The molecule has 0 spiro atoms. The molecule has 14 heavy (non-hydrogen) atoms. The van der Waals surface area contributed by atoms with E-state index in [1.54, 1.807) is 6.92 Å². The molecule has 0 aliphatic rings. The molecule has 5 nitrogen and oxygen atoms in total. The Morgan fingerprint density at radius 3 is 2.79 bits per heavy atom. The number of hydrogen-bond acceptors (Lipinski definition) is 2. The number of benzene rings is 1. The van der Waals surface area contributed by atoms with Gasteiger partial charge in [-0.05, 0) is 29.2 Å². The Morgan fingerprint density at radius 2 is 2.29 bits per heavy atom. The van der Waals surface area contributed by atoms with E-state index in [2.05, 4.69) is 10.0 Å². The summed E-state index contributed by atoms with van der Waals surface area (Å²) in [5, 5.41) is 2.94. The zero-order chi connectivity index (χ0) is 10.6. The largest absolute Gasteiger partial charge is 0.298 e. The molecule has 0 radical (unpaired) electrons. The van der Waals surface area contributed by atoms with Gasteiger partial charge in [0.15, 0.2) is 0 Å². The number of aryl methyl sites for hydroxylation is 1. The van der Waals surface area contributed by atoms with E-state index in [4.69, 9.17) is 5.53 Å². The summed E-state index contributed by atoms with van der Waals surface area (Å²) in [6, 6.07) is 4.48. The zero-order valence-corrected chi connectivity index (χ0v) is 7.47. The van der Waals surface area contributed by atoms with Crippen LogP contribution in [-0.2, 0) is 0 Å². The fourth-order valence-corrected chi connectivity index (χ4v) is 1.04. The maximum absolute atomic E-state index is 11.1. The molecule has 0 atom stereocenters. The summed E-state index contributed by atoms with van der Waals surface area (Å²) in [6.45, 7) is 1.70. The highest BCUT2D eigenvalue weighted by atomic mass is 16.1. The van der Waals surface area contributed by atoms with Gasteiger partial charge in [0.2, 0.25) is 5.91 Å². The van der Waals surface area contributed by atoms with Crippen molar-refractivity contribution >= 4 is 12.2 Å². The molecule has 0 aromatic heterocycles. The summed E-state index contributed by atoms with van der Waals surface area (Å²) in [5.74, 6) is -0.645. The molecule has 0 aliphatic carbocycles. The Labute approximate surface area is 80.0 Å². The van der Waals surface area contributed by atoms with Gasteiger partial charge in [-0.15, -0.1) is 0 Å². The maximum atomic E-state index is 11.1. The van der Waals surface area contributed by atoms with Crippen LogP contribution in [0.4, 0.5) is 0 Å². The normalized spacial score (nSPS) is 8.93. The van der Waals surface area contributed by atoms with Gasteiger partial charge in [0.1, 0.15) is 6.29 Å². The number of hydrogen-bond donors (Lipinski definition) is 0. The first kappa shape index (κ1) is 9.95. The van der Waals surface area contributed by atoms with Gasteiger partial charge < -0.3 is 0 Å². The van der Waals surface area contributed by atoms with Gasteiger partial charge in [-0.3, -0.25) is 9.59 Å². The second kappa shape index (κ2) is 4.20. The van der Waals surface area contributed by atoms with Crippen molar-refractivity contribution in [3.05, 3.63) is 45.3 Å². The molecule has 1 aromatic carbocycles. The van der Waals surface area contributed by atoms with Crippen LogP contribution in [-0.4, -0.2) is 12.2 Å². The first-order chi connectivity index (χ1) is 6.69. The molecule has 1 rings (SSSR count). The fraction of sp³-hybridized carbons (Fsp3) is 0.111. The van der Waals surface area contributed by atoms with E-state index in [1.165, 1.54) is 18.2 Å². The summed E-state index contributed by atoms with van der Waals surface area (Å²) in [5.41, 5.74) is 9.53. The second-order valence-electron chi connectivity index (χ2n) is 2.68. The highest BCUT2D eigenvalue weighted by Gasteiger charge is 2.04. The molecule has 5 heteroatoms. The number of azide groups is 1. The van der Waals surface area contributed by atoms with Crippen LogP contribution >= 0.6 is 0 Å². The molecule has 1 aromatic rings. The molecule has 0 unspecified atom stereocenters. The van der Waals surface area contributed by atoms with Gasteiger partial charge in [0.25, 0.3) is 0 Å².